The number of H-pyrrole nitrogens is 2. The summed E-state index contributed by atoms with van der Waals surface area (Å²) in [4.78, 5) is 3.90. The third kappa shape index (κ3) is 1.67. The third-order valence-electron chi connectivity index (χ3n) is 1.02. The summed E-state index contributed by atoms with van der Waals surface area (Å²) in [6, 6.07) is 2.02. The molecule has 0 aliphatic rings. The van der Waals surface area contributed by atoms with E-state index in [2.05, 4.69) is 15.2 Å². The summed E-state index contributed by atoms with van der Waals surface area (Å²) >= 11 is 4.70. The summed E-state index contributed by atoms with van der Waals surface area (Å²) < 4.78 is 0.438. The molecule has 0 aliphatic carbocycles. The lowest BCUT2D eigenvalue weighted by atomic mass is 10.3. The molecule has 0 unspecified atom stereocenters. The summed E-state index contributed by atoms with van der Waals surface area (Å²) in [5, 5.41) is 13.6. The standard InChI is InChI=1S/C5H6N4S/c6-3-1-2-4-7-5(10)9-8-4/h1-2H2,(H2,7,8,9,10). The highest BCUT2D eigenvalue weighted by atomic mass is 32.1. The molecule has 4 nitrogen and oxygen atoms in total. The molecule has 0 aliphatic heterocycles. The number of aromatic amines is 2. The van der Waals surface area contributed by atoms with Gasteiger partial charge in [0.05, 0.1) is 6.07 Å². The van der Waals surface area contributed by atoms with Crippen molar-refractivity contribution in [3.8, 4) is 6.07 Å². The second-order valence-corrected chi connectivity index (χ2v) is 2.16. The van der Waals surface area contributed by atoms with Gasteiger partial charge in [0.15, 0.2) is 0 Å². The molecule has 0 bridgehead atoms. The molecule has 5 heteroatoms. The van der Waals surface area contributed by atoms with E-state index in [9.17, 15) is 0 Å². The van der Waals surface area contributed by atoms with Gasteiger partial charge in [-0.3, -0.25) is 10.2 Å². The molecule has 0 spiro atoms. The van der Waals surface area contributed by atoms with E-state index < -0.39 is 0 Å². The molecule has 52 valence electrons. The molecule has 1 aromatic rings. The molecular formula is C5H6N4S. The number of aryl methyl sites for hydroxylation is 1. The number of nitrogens with zero attached hydrogens (tertiary/aromatic N) is 2. The van der Waals surface area contributed by atoms with Gasteiger partial charge >= 0.3 is 0 Å². The van der Waals surface area contributed by atoms with E-state index in [0.717, 1.165) is 5.82 Å². The Labute approximate surface area is 62.9 Å². The zero-order chi connectivity index (χ0) is 7.40. The largest absolute Gasteiger partial charge is 0.286 e. The zero-order valence-electron chi connectivity index (χ0n) is 5.22. The van der Waals surface area contributed by atoms with Crippen LogP contribution in [0.4, 0.5) is 0 Å². The van der Waals surface area contributed by atoms with E-state index in [1.54, 1.807) is 0 Å². The Hall–Kier alpha value is -1.15. The first-order chi connectivity index (χ1) is 4.83. The minimum absolute atomic E-state index is 0.438. The normalized spacial score (nSPS) is 9.10. The lowest BCUT2D eigenvalue weighted by Gasteiger charge is -1.83. The Bertz CT molecular complexity index is 291. The van der Waals surface area contributed by atoms with Gasteiger partial charge in [-0.2, -0.15) is 5.26 Å². The van der Waals surface area contributed by atoms with Crippen LogP contribution in [0.1, 0.15) is 12.2 Å². The summed E-state index contributed by atoms with van der Waals surface area (Å²) in [6.45, 7) is 0. The van der Waals surface area contributed by atoms with Crippen LogP contribution in [0, 0.1) is 16.1 Å². The second-order valence-electron chi connectivity index (χ2n) is 1.77. The Balaban J connectivity index is 2.61. The molecule has 1 rings (SSSR count). The van der Waals surface area contributed by atoms with E-state index in [1.165, 1.54) is 0 Å². The van der Waals surface area contributed by atoms with E-state index >= 15 is 0 Å². The summed E-state index contributed by atoms with van der Waals surface area (Å²) in [6.07, 6.45) is 1.10. The van der Waals surface area contributed by atoms with Crippen LogP contribution in [0.2, 0.25) is 0 Å². The van der Waals surface area contributed by atoms with Gasteiger partial charge in [-0.25, -0.2) is 4.98 Å². The molecule has 0 atom stereocenters. The molecule has 0 aromatic carbocycles. The lowest BCUT2D eigenvalue weighted by Crippen LogP contribution is -1.85. The van der Waals surface area contributed by atoms with Crippen molar-refractivity contribution < 1.29 is 0 Å². The van der Waals surface area contributed by atoms with Gasteiger partial charge in [-0.15, -0.1) is 0 Å². The van der Waals surface area contributed by atoms with Gasteiger partial charge in [0, 0.05) is 12.8 Å². The van der Waals surface area contributed by atoms with E-state index in [0.29, 0.717) is 17.6 Å². The number of rotatable bonds is 2. The average Bonchev–Trinajstić information content (AvgIpc) is 2.31. The van der Waals surface area contributed by atoms with Gasteiger partial charge < -0.3 is 0 Å². The van der Waals surface area contributed by atoms with Crippen LogP contribution in [-0.4, -0.2) is 15.2 Å². The molecule has 0 saturated carbocycles. The Morgan fingerprint density at radius 2 is 2.40 bits per heavy atom. The maximum atomic E-state index is 8.21. The predicted molar refractivity (Wildman–Crippen MR) is 37.7 cm³/mol. The lowest BCUT2D eigenvalue weighted by molar-refractivity contribution is 0.892. The van der Waals surface area contributed by atoms with Gasteiger partial charge in [-0.1, -0.05) is 0 Å². The van der Waals surface area contributed by atoms with Crippen LogP contribution in [0.3, 0.4) is 0 Å². The number of aromatic nitrogens is 3. The molecule has 10 heavy (non-hydrogen) atoms. The van der Waals surface area contributed by atoms with Gasteiger partial charge in [-0.05, 0) is 12.2 Å². The number of nitriles is 1. The number of hydrogen-bond acceptors (Lipinski definition) is 3. The van der Waals surface area contributed by atoms with Crippen molar-refractivity contribution in [3.63, 3.8) is 0 Å². The number of hydrogen-bond donors (Lipinski definition) is 2. The number of nitrogens with one attached hydrogen (secondary N) is 2. The molecule has 1 aromatic heterocycles. The first kappa shape index (κ1) is 6.96. The minimum atomic E-state index is 0.438. The maximum Gasteiger partial charge on any atom is 0.213 e. The summed E-state index contributed by atoms with van der Waals surface area (Å²) in [5.74, 6) is 0.742. The van der Waals surface area contributed by atoms with E-state index in [-0.39, 0.29) is 0 Å². The van der Waals surface area contributed by atoms with Crippen molar-refractivity contribution in [2.24, 2.45) is 0 Å². The van der Waals surface area contributed by atoms with E-state index in [1.807, 2.05) is 6.07 Å². The van der Waals surface area contributed by atoms with Crippen LogP contribution < -0.4 is 0 Å². The van der Waals surface area contributed by atoms with Gasteiger partial charge in [0.1, 0.15) is 5.82 Å². The second kappa shape index (κ2) is 3.13. The third-order valence-corrected chi connectivity index (χ3v) is 1.22. The van der Waals surface area contributed by atoms with Crippen molar-refractivity contribution in [2.45, 2.75) is 12.8 Å². The molecule has 0 amide bonds. The average molecular weight is 154 g/mol. The molecular weight excluding hydrogens is 148 g/mol. The predicted octanol–water partition coefficient (Wildman–Crippen LogP) is 0.923. The monoisotopic (exact) mass is 154 g/mol. The first-order valence-electron chi connectivity index (χ1n) is 2.83. The van der Waals surface area contributed by atoms with Gasteiger partial charge in [0.2, 0.25) is 4.77 Å². The first-order valence-corrected chi connectivity index (χ1v) is 3.24. The quantitative estimate of drug-likeness (QED) is 0.622. The van der Waals surface area contributed by atoms with Crippen LogP contribution in [0.25, 0.3) is 0 Å². The SMILES string of the molecule is N#CCCc1nc(=S)[nH][nH]1. The summed E-state index contributed by atoms with van der Waals surface area (Å²) in [5.41, 5.74) is 0. The minimum Gasteiger partial charge on any atom is -0.286 e. The topological polar surface area (TPSA) is 68.3 Å². The Morgan fingerprint density at radius 3 is 2.90 bits per heavy atom. The van der Waals surface area contributed by atoms with Crippen LogP contribution >= 0.6 is 12.2 Å². The van der Waals surface area contributed by atoms with Gasteiger partial charge in [0.25, 0.3) is 0 Å². The Kier molecular flexibility index (Phi) is 2.18. The highest BCUT2D eigenvalue weighted by Crippen LogP contribution is 1.91. The van der Waals surface area contributed by atoms with Crippen LogP contribution in [0.5, 0.6) is 0 Å². The van der Waals surface area contributed by atoms with Crippen LogP contribution in [-0.2, 0) is 6.42 Å². The summed E-state index contributed by atoms with van der Waals surface area (Å²) in [7, 11) is 0. The fourth-order valence-electron chi connectivity index (χ4n) is 0.597. The Morgan fingerprint density at radius 1 is 1.60 bits per heavy atom. The van der Waals surface area contributed by atoms with Crippen LogP contribution in [0.15, 0.2) is 0 Å². The molecule has 0 radical (unpaired) electrons. The van der Waals surface area contributed by atoms with Crippen molar-refractivity contribution in [1.29, 1.82) is 5.26 Å². The highest BCUT2D eigenvalue weighted by molar-refractivity contribution is 7.71. The van der Waals surface area contributed by atoms with Crippen molar-refractivity contribution >= 4 is 12.2 Å². The fourth-order valence-corrected chi connectivity index (χ4v) is 0.758. The van der Waals surface area contributed by atoms with Crippen molar-refractivity contribution in [1.82, 2.24) is 15.2 Å². The smallest absolute Gasteiger partial charge is 0.213 e. The molecule has 1 heterocycles. The van der Waals surface area contributed by atoms with E-state index in [4.69, 9.17) is 17.5 Å². The molecule has 0 saturated heterocycles. The highest BCUT2D eigenvalue weighted by Gasteiger charge is 1.93. The van der Waals surface area contributed by atoms with Crippen molar-refractivity contribution in [3.05, 3.63) is 10.6 Å². The maximum absolute atomic E-state index is 8.21. The fraction of sp³-hybridized carbons (Fsp3) is 0.400. The van der Waals surface area contributed by atoms with Crippen molar-refractivity contribution in [2.75, 3.05) is 0 Å². The molecule has 0 fully saturated rings. The molecule has 2 N–H and O–H groups in total. The zero-order valence-corrected chi connectivity index (χ0v) is 6.03.